The molecule has 0 saturated carbocycles. The van der Waals surface area contributed by atoms with Crippen LogP contribution >= 0.6 is 0 Å². The molecule has 1 unspecified atom stereocenters. The summed E-state index contributed by atoms with van der Waals surface area (Å²) in [7, 11) is 0. The van der Waals surface area contributed by atoms with Crippen LogP contribution in [-0.2, 0) is 9.53 Å². The zero-order valence-corrected chi connectivity index (χ0v) is 7.97. The SMILES string of the molecule is O=C1OC2CCC(=O)N2c2ccccc21. The van der Waals surface area contributed by atoms with Crippen LogP contribution in [-0.4, -0.2) is 18.1 Å². The van der Waals surface area contributed by atoms with Crippen molar-refractivity contribution < 1.29 is 14.3 Å². The lowest BCUT2D eigenvalue weighted by molar-refractivity contribution is -0.117. The molecular weight excluding hydrogens is 194 g/mol. The molecule has 2 heterocycles. The molecule has 15 heavy (non-hydrogen) atoms. The third-order valence-electron chi connectivity index (χ3n) is 2.79. The van der Waals surface area contributed by atoms with Crippen LogP contribution in [0.2, 0.25) is 0 Å². The van der Waals surface area contributed by atoms with Gasteiger partial charge in [-0.25, -0.2) is 4.79 Å². The number of para-hydroxylation sites is 1. The summed E-state index contributed by atoms with van der Waals surface area (Å²) in [6, 6.07) is 7.05. The van der Waals surface area contributed by atoms with Crippen LogP contribution in [0.25, 0.3) is 0 Å². The Morgan fingerprint density at radius 2 is 2.07 bits per heavy atom. The molecule has 2 aliphatic rings. The van der Waals surface area contributed by atoms with Gasteiger partial charge in [0.2, 0.25) is 5.91 Å². The molecule has 76 valence electrons. The molecule has 0 spiro atoms. The first-order valence-corrected chi connectivity index (χ1v) is 4.89. The second-order valence-corrected chi connectivity index (χ2v) is 3.68. The zero-order chi connectivity index (χ0) is 10.4. The smallest absolute Gasteiger partial charge is 0.342 e. The first-order chi connectivity index (χ1) is 7.27. The maximum atomic E-state index is 11.6. The van der Waals surface area contributed by atoms with Crippen molar-refractivity contribution in [1.29, 1.82) is 0 Å². The molecule has 4 heteroatoms. The predicted octanol–water partition coefficient (Wildman–Crippen LogP) is 1.31. The normalized spacial score (nSPS) is 23.5. The van der Waals surface area contributed by atoms with E-state index in [0.29, 0.717) is 24.1 Å². The number of ether oxygens (including phenoxy) is 1. The minimum Gasteiger partial charge on any atom is -0.437 e. The van der Waals surface area contributed by atoms with E-state index in [1.165, 1.54) is 0 Å². The molecule has 0 bridgehead atoms. The molecule has 1 atom stereocenters. The number of carbonyl (C=O) groups is 2. The number of anilines is 1. The number of amides is 1. The molecule has 0 aromatic heterocycles. The van der Waals surface area contributed by atoms with Crippen molar-refractivity contribution in [1.82, 2.24) is 0 Å². The van der Waals surface area contributed by atoms with Gasteiger partial charge in [-0.15, -0.1) is 0 Å². The number of esters is 1. The lowest BCUT2D eigenvalue weighted by Gasteiger charge is -2.30. The molecule has 4 nitrogen and oxygen atoms in total. The minimum atomic E-state index is -0.389. The van der Waals surface area contributed by atoms with Crippen LogP contribution in [0.5, 0.6) is 0 Å². The van der Waals surface area contributed by atoms with Crippen molar-refractivity contribution >= 4 is 17.6 Å². The van der Waals surface area contributed by atoms with Gasteiger partial charge in [-0.1, -0.05) is 12.1 Å². The predicted molar refractivity (Wildman–Crippen MR) is 52.4 cm³/mol. The van der Waals surface area contributed by atoms with Crippen LogP contribution in [0.4, 0.5) is 5.69 Å². The molecule has 1 aromatic rings. The van der Waals surface area contributed by atoms with Crippen LogP contribution in [0.1, 0.15) is 23.2 Å². The van der Waals surface area contributed by atoms with E-state index in [1.54, 1.807) is 23.1 Å². The summed E-state index contributed by atoms with van der Waals surface area (Å²) >= 11 is 0. The number of nitrogens with zero attached hydrogens (tertiary/aromatic N) is 1. The second-order valence-electron chi connectivity index (χ2n) is 3.68. The van der Waals surface area contributed by atoms with Crippen LogP contribution in [0, 0.1) is 0 Å². The van der Waals surface area contributed by atoms with Gasteiger partial charge in [0.1, 0.15) is 0 Å². The highest BCUT2D eigenvalue weighted by Crippen LogP contribution is 2.34. The van der Waals surface area contributed by atoms with Gasteiger partial charge in [0, 0.05) is 12.8 Å². The van der Waals surface area contributed by atoms with Crippen molar-refractivity contribution in [2.45, 2.75) is 19.1 Å². The van der Waals surface area contributed by atoms with E-state index in [1.807, 2.05) is 6.07 Å². The van der Waals surface area contributed by atoms with Crippen molar-refractivity contribution in [3.8, 4) is 0 Å². The fraction of sp³-hybridized carbons (Fsp3) is 0.273. The summed E-state index contributed by atoms with van der Waals surface area (Å²) in [5, 5.41) is 0. The minimum absolute atomic E-state index is 0.0277. The van der Waals surface area contributed by atoms with Crippen molar-refractivity contribution in [3.05, 3.63) is 29.8 Å². The van der Waals surface area contributed by atoms with E-state index in [0.717, 1.165) is 0 Å². The standard InChI is InChI=1S/C11H9NO3/c13-9-5-6-10-12(9)8-4-2-1-3-7(8)11(14)15-10/h1-4,10H,5-6H2. The van der Waals surface area contributed by atoms with Crippen molar-refractivity contribution in [2.24, 2.45) is 0 Å². The highest BCUT2D eigenvalue weighted by atomic mass is 16.6. The number of hydrogen-bond donors (Lipinski definition) is 0. The van der Waals surface area contributed by atoms with E-state index >= 15 is 0 Å². The molecule has 1 amide bonds. The first kappa shape index (κ1) is 8.47. The summed E-state index contributed by atoms with van der Waals surface area (Å²) in [5.74, 6) is -0.304. The molecule has 1 saturated heterocycles. The Kier molecular flexibility index (Phi) is 1.59. The Hall–Kier alpha value is -1.84. The van der Waals surface area contributed by atoms with Crippen LogP contribution < -0.4 is 4.90 Å². The molecule has 0 N–H and O–H groups in total. The number of hydrogen-bond acceptors (Lipinski definition) is 3. The summed E-state index contributed by atoms with van der Waals surface area (Å²) in [4.78, 5) is 24.8. The molecule has 0 aliphatic carbocycles. The Morgan fingerprint density at radius 1 is 1.27 bits per heavy atom. The Balaban J connectivity index is 2.18. The van der Waals surface area contributed by atoms with Crippen LogP contribution in [0.15, 0.2) is 24.3 Å². The summed E-state index contributed by atoms with van der Waals surface area (Å²) in [6.45, 7) is 0. The number of carbonyl (C=O) groups excluding carboxylic acids is 2. The van der Waals surface area contributed by atoms with Gasteiger partial charge in [-0.3, -0.25) is 9.69 Å². The van der Waals surface area contributed by atoms with E-state index < -0.39 is 0 Å². The molecule has 0 radical (unpaired) electrons. The lowest BCUT2D eigenvalue weighted by atomic mass is 10.1. The van der Waals surface area contributed by atoms with Gasteiger partial charge in [-0.2, -0.15) is 0 Å². The third-order valence-corrected chi connectivity index (χ3v) is 2.79. The average Bonchev–Trinajstić information content (AvgIpc) is 2.61. The van der Waals surface area contributed by atoms with Crippen LogP contribution in [0.3, 0.4) is 0 Å². The monoisotopic (exact) mass is 203 g/mol. The molecule has 3 rings (SSSR count). The summed E-state index contributed by atoms with van der Waals surface area (Å²) in [5.41, 5.74) is 1.16. The maximum Gasteiger partial charge on any atom is 0.342 e. The zero-order valence-electron chi connectivity index (χ0n) is 7.97. The Morgan fingerprint density at radius 3 is 2.93 bits per heavy atom. The van der Waals surface area contributed by atoms with Gasteiger partial charge in [0.15, 0.2) is 6.23 Å². The van der Waals surface area contributed by atoms with E-state index in [4.69, 9.17) is 4.74 Å². The van der Waals surface area contributed by atoms with E-state index in [-0.39, 0.29) is 18.1 Å². The maximum absolute atomic E-state index is 11.6. The second kappa shape index (κ2) is 2.82. The fourth-order valence-corrected chi connectivity index (χ4v) is 2.10. The highest BCUT2D eigenvalue weighted by molar-refractivity contribution is 6.06. The Bertz CT molecular complexity index is 455. The topological polar surface area (TPSA) is 46.6 Å². The quantitative estimate of drug-likeness (QED) is 0.597. The lowest BCUT2D eigenvalue weighted by Crippen LogP contribution is -2.41. The number of rotatable bonds is 0. The third kappa shape index (κ3) is 1.08. The molecule has 1 aromatic carbocycles. The summed E-state index contributed by atoms with van der Waals surface area (Å²) in [6.07, 6.45) is 0.658. The van der Waals surface area contributed by atoms with Gasteiger partial charge in [0.25, 0.3) is 0 Å². The molecule has 2 aliphatic heterocycles. The first-order valence-electron chi connectivity index (χ1n) is 4.89. The Labute approximate surface area is 86.4 Å². The molecular formula is C11H9NO3. The van der Waals surface area contributed by atoms with E-state index in [9.17, 15) is 9.59 Å². The van der Waals surface area contributed by atoms with Crippen molar-refractivity contribution in [3.63, 3.8) is 0 Å². The van der Waals surface area contributed by atoms with Gasteiger partial charge in [0.05, 0.1) is 11.3 Å². The van der Waals surface area contributed by atoms with Gasteiger partial charge >= 0.3 is 5.97 Å². The number of benzene rings is 1. The summed E-state index contributed by atoms with van der Waals surface area (Å²) < 4.78 is 5.17. The largest absolute Gasteiger partial charge is 0.437 e. The number of fused-ring (bicyclic) bond motifs is 3. The fourth-order valence-electron chi connectivity index (χ4n) is 2.10. The average molecular weight is 203 g/mol. The van der Waals surface area contributed by atoms with Crippen molar-refractivity contribution in [2.75, 3.05) is 4.90 Å². The van der Waals surface area contributed by atoms with Gasteiger partial charge < -0.3 is 4.74 Å². The molecule has 1 fully saturated rings. The highest BCUT2D eigenvalue weighted by Gasteiger charge is 2.40. The van der Waals surface area contributed by atoms with Gasteiger partial charge in [-0.05, 0) is 12.1 Å². The van der Waals surface area contributed by atoms with E-state index in [2.05, 4.69) is 0 Å².